The maximum Gasteiger partial charge on any atom is 0.184 e. The van der Waals surface area contributed by atoms with Crippen LogP contribution in [0.2, 0.25) is 5.02 Å². The minimum Gasteiger partial charge on any atom is -0.388 e. The molecule has 2 aromatic heterocycles. The highest BCUT2D eigenvalue weighted by Crippen LogP contribution is 2.45. The molecule has 0 aliphatic heterocycles. The van der Waals surface area contributed by atoms with Gasteiger partial charge in [0.15, 0.2) is 5.82 Å². The molecule has 7 rings (SSSR count). The van der Waals surface area contributed by atoms with Crippen LogP contribution in [0.25, 0.3) is 22.5 Å². The zero-order chi connectivity index (χ0) is 31.5. The molecule has 7 nitrogen and oxygen atoms in total. The number of hydrogen-bond donors (Lipinski definition) is 1. The lowest BCUT2D eigenvalue weighted by Gasteiger charge is -2.37. The van der Waals surface area contributed by atoms with E-state index in [1.807, 2.05) is 95.0 Å². The number of rotatable bonds is 9. The minimum atomic E-state index is -1.02. The number of halogens is 1. The van der Waals surface area contributed by atoms with Gasteiger partial charge in [-0.05, 0) is 57.3 Å². The molecule has 0 saturated carbocycles. The Bertz CT molecular complexity index is 2050. The lowest BCUT2D eigenvalue weighted by Crippen LogP contribution is -2.39. The van der Waals surface area contributed by atoms with Gasteiger partial charge in [-0.1, -0.05) is 133 Å². The van der Waals surface area contributed by atoms with E-state index in [2.05, 4.69) is 64.8 Å². The minimum absolute atomic E-state index is 0.143. The van der Waals surface area contributed by atoms with Gasteiger partial charge in [0.2, 0.25) is 0 Å². The van der Waals surface area contributed by atoms with Gasteiger partial charge in [-0.15, -0.1) is 5.10 Å². The Hall–Kier alpha value is -5.37. The summed E-state index contributed by atoms with van der Waals surface area (Å²) in [6.07, 6.45) is 1.78. The molecule has 46 heavy (non-hydrogen) atoms. The predicted molar refractivity (Wildman–Crippen MR) is 180 cm³/mol. The lowest BCUT2D eigenvalue weighted by atomic mass is 9.76. The summed E-state index contributed by atoms with van der Waals surface area (Å²) < 4.78 is 3.93. The fraction of sp³-hybridized carbons (Fsp3) is 0.105. The van der Waals surface area contributed by atoms with E-state index in [1.165, 1.54) is 0 Å². The molecule has 226 valence electrons. The van der Waals surface area contributed by atoms with Crippen LogP contribution < -0.4 is 0 Å². The van der Waals surface area contributed by atoms with E-state index in [4.69, 9.17) is 21.9 Å². The van der Waals surface area contributed by atoms with Crippen LogP contribution in [-0.4, -0.2) is 34.9 Å². The van der Waals surface area contributed by atoms with E-state index < -0.39 is 5.54 Å². The number of aromatic nitrogens is 6. The van der Waals surface area contributed by atoms with Crippen molar-refractivity contribution in [1.29, 1.82) is 0 Å². The normalized spacial score (nSPS) is 11.5. The van der Waals surface area contributed by atoms with Crippen molar-refractivity contribution >= 4 is 11.6 Å². The van der Waals surface area contributed by atoms with Gasteiger partial charge in [-0.3, -0.25) is 0 Å². The van der Waals surface area contributed by atoms with Crippen LogP contribution in [0.15, 0.2) is 140 Å². The molecule has 0 unspecified atom stereocenters. The Labute approximate surface area is 272 Å². The summed E-state index contributed by atoms with van der Waals surface area (Å²) in [5.74, 6) is 1.19. The Kier molecular flexibility index (Phi) is 8.01. The molecule has 0 atom stereocenters. The fourth-order valence-electron chi connectivity index (χ4n) is 6.31. The summed E-state index contributed by atoms with van der Waals surface area (Å²) in [5, 5.41) is 24.4. The highest BCUT2D eigenvalue weighted by Gasteiger charge is 2.43. The number of aryl methyl sites for hydroxylation is 1. The molecule has 0 bridgehead atoms. The molecule has 0 fully saturated rings. The molecule has 0 aliphatic carbocycles. The molecule has 2 heterocycles. The molecule has 0 amide bonds. The number of benzene rings is 5. The van der Waals surface area contributed by atoms with Gasteiger partial charge in [0.05, 0.1) is 0 Å². The number of nitrogens with zero attached hydrogens (tertiary/aromatic N) is 6. The van der Waals surface area contributed by atoms with E-state index in [1.54, 1.807) is 6.20 Å². The fourth-order valence-corrected chi connectivity index (χ4v) is 6.58. The topological polar surface area (TPSA) is 81.7 Å². The zero-order valence-electron chi connectivity index (χ0n) is 25.2. The molecule has 7 aromatic rings. The first-order chi connectivity index (χ1) is 22.6. The Morgan fingerprint density at radius 2 is 1.37 bits per heavy atom. The zero-order valence-corrected chi connectivity index (χ0v) is 26.0. The number of hydrogen-bond acceptors (Lipinski definition) is 5. The summed E-state index contributed by atoms with van der Waals surface area (Å²) >= 11 is 7.09. The third-order valence-corrected chi connectivity index (χ3v) is 8.79. The second-order valence-electron chi connectivity index (χ2n) is 11.1. The third kappa shape index (κ3) is 5.09. The molecule has 0 radical (unpaired) electrons. The molecule has 0 spiro atoms. The van der Waals surface area contributed by atoms with Crippen molar-refractivity contribution in [2.75, 3.05) is 0 Å². The summed E-state index contributed by atoms with van der Waals surface area (Å²) in [5.41, 5.74) is 6.62. The summed E-state index contributed by atoms with van der Waals surface area (Å²) in [7, 11) is 0. The first-order valence-electron chi connectivity index (χ1n) is 15.1. The van der Waals surface area contributed by atoms with Gasteiger partial charge in [0.25, 0.3) is 0 Å². The first kappa shape index (κ1) is 29.3. The monoisotopic (exact) mass is 622 g/mol. The maximum atomic E-state index is 9.96. The number of aliphatic hydroxyl groups is 1. The third-order valence-electron chi connectivity index (χ3n) is 8.46. The number of aliphatic hydroxyl groups excluding tert-OH is 1. The average molecular weight is 623 g/mol. The van der Waals surface area contributed by atoms with Gasteiger partial charge >= 0.3 is 0 Å². The molecule has 8 heteroatoms. The Morgan fingerprint density at radius 3 is 2.02 bits per heavy atom. The molecule has 0 aliphatic rings. The van der Waals surface area contributed by atoms with E-state index in [0.717, 1.165) is 44.6 Å². The molecule has 0 saturated heterocycles. The van der Waals surface area contributed by atoms with E-state index in [-0.39, 0.29) is 6.61 Å². The standard InChI is InChI=1S/C38H31ClN6O/c1-27-24-40-36(26-46)44(27)25-28-21-22-32(29-13-5-2-6-14-29)33(23-28)37-41-42-43-45(37)38(30-15-7-3-8-16-30,31-17-9-4-10-18-31)34-19-11-12-20-35(34)39/h2-24,46H,25-26H2,1H3. The summed E-state index contributed by atoms with van der Waals surface area (Å²) in [4.78, 5) is 4.39. The maximum absolute atomic E-state index is 9.96. The van der Waals surface area contributed by atoms with Crippen molar-refractivity contribution in [3.05, 3.63) is 178 Å². The average Bonchev–Trinajstić information content (AvgIpc) is 3.74. The smallest absolute Gasteiger partial charge is 0.184 e. The van der Waals surface area contributed by atoms with Gasteiger partial charge < -0.3 is 9.67 Å². The van der Waals surface area contributed by atoms with Crippen molar-refractivity contribution in [2.24, 2.45) is 0 Å². The summed E-state index contributed by atoms with van der Waals surface area (Å²) in [6, 6.07) is 44.9. The van der Waals surface area contributed by atoms with Crippen molar-refractivity contribution in [3.8, 4) is 22.5 Å². The predicted octanol–water partition coefficient (Wildman–Crippen LogP) is 7.55. The van der Waals surface area contributed by atoms with Crippen molar-refractivity contribution in [1.82, 2.24) is 29.8 Å². The number of imidazole rings is 1. The van der Waals surface area contributed by atoms with Crippen molar-refractivity contribution in [3.63, 3.8) is 0 Å². The van der Waals surface area contributed by atoms with Crippen LogP contribution >= 0.6 is 11.6 Å². The second kappa shape index (κ2) is 12.6. The van der Waals surface area contributed by atoms with Crippen LogP contribution in [0, 0.1) is 6.92 Å². The van der Waals surface area contributed by atoms with Crippen molar-refractivity contribution in [2.45, 2.75) is 25.6 Å². The summed E-state index contributed by atoms with van der Waals surface area (Å²) in [6.45, 7) is 2.37. The van der Waals surface area contributed by atoms with E-state index >= 15 is 0 Å². The highest BCUT2D eigenvalue weighted by atomic mass is 35.5. The van der Waals surface area contributed by atoms with Gasteiger partial charge in [0, 0.05) is 34.6 Å². The van der Waals surface area contributed by atoms with Crippen LogP contribution in [0.1, 0.15) is 33.8 Å². The first-order valence-corrected chi connectivity index (χ1v) is 15.4. The SMILES string of the molecule is Cc1cnc(CO)n1Cc1ccc(-c2ccccc2)c(-c2nnnn2C(c2ccccc2)(c2ccccc2)c2ccccc2Cl)c1. The lowest BCUT2D eigenvalue weighted by molar-refractivity contribution is 0.266. The molecule has 5 aromatic carbocycles. The van der Waals surface area contributed by atoms with Gasteiger partial charge in [0.1, 0.15) is 18.0 Å². The Balaban J connectivity index is 1.53. The van der Waals surface area contributed by atoms with E-state index in [9.17, 15) is 5.11 Å². The molecular weight excluding hydrogens is 592 g/mol. The van der Waals surface area contributed by atoms with Gasteiger partial charge in [-0.2, -0.15) is 0 Å². The Morgan fingerprint density at radius 1 is 0.739 bits per heavy atom. The highest BCUT2D eigenvalue weighted by molar-refractivity contribution is 6.31. The van der Waals surface area contributed by atoms with E-state index in [0.29, 0.717) is 23.2 Å². The van der Waals surface area contributed by atoms with Crippen LogP contribution in [0.5, 0.6) is 0 Å². The van der Waals surface area contributed by atoms with Crippen LogP contribution in [-0.2, 0) is 18.7 Å². The van der Waals surface area contributed by atoms with Crippen LogP contribution in [0.3, 0.4) is 0 Å². The number of tetrazole rings is 1. The second-order valence-corrected chi connectivity index (χ2v) is 11.5. The van der Waals surface area contributed by atoms with Crippen LogP contribution in [0.4, 0.5) is 0 Å². The molecular formula is C38H31ClN6O. The van der Waals surface area contributed by atoms with Gasteiger partial charge in [-0.25, -0.2) is 9.67 Å². The quantitative estimate of drug-likeness (QED) is 0.168. The molecule has 1 N–H and O–H groups in total. The largest absolute Gasteiger partial charge is 0.388 e. The van der Waals surface area contributed by atoms with Crippen molar-refractivity contribution < 1.29 is 5.11 Å².